The van der Waals surface area contributed by atoms with Crippen molar-refractivity contribution in [3.63, 3.8) is 0 Å². The summed E-state index contributed by atoms with van der Waals surface area (Å²) in [7, 11) is 0. The molecular formula is C19H21NO3. The predicted molar refractivity (Wildman–Crippen MR) is 92.3 cm³/mol. The molecule has 2 aromatic rings. The van der Waals surface area contributed by atoms with Crippen LogP contribution in [0.5, 0.6) is 11.5 Å². The summed E-state index contributed by atoms with van der Waals surface area (Å²) in [5, 5.41) is 2.85. The third-order valence-corrected chi connectivity index (χ3v) is 2.97. The average molecular weight is 311 g/mol. The maximum absolute atomic E-state index is 12.2. The lowest BCUT2D eigenvalue weighted by atomic mass is 10.2. The molecule has 0 radical (unpaired) electrons. The molecule has 2 rings (SSSR count). The van der Waals surface area contributed by atoms with Gasteiger partial charge in [0.25, 0.3) is 5.91 Å². The number of nitrogens with one attached hydrogen (secondary N) is 1. The lowest BCUT2D eigenvalue weighted by molar-refractivity contribution is 0.102. The highest BCUT2D eigenvalue weighted by molar-refractivity contribution is 6.04. The minimum atomic E-state index is -0.169. The van der Waals surface area contributed by atoms with Crippen LogP contribution in [0.15, 0.2) is 61.2 Å². The normalized spacial score (nSPS) is 10.2. The van der Waals surface area contributed by atoms with Crippen LogP contribution in [0.1, 0.15) is 24.2 Å². The lowest BCUT2D eigenvalue weighted by Crippen LogP contribution is -2.12. The van der Waals surface area contributed by atoms with E-state index >= 15 is 0 Å². The number of hydrogen-bond donors (Lipinski definition) is 1. The minimum Gasteiger partial charge on any atom is -0.491 e. The molecule has 120 valence electrons. The standard InChI is InChI=1S/C19H21NO3/c1-4-13-22-17-9-5-15(6-10-17)19(21)20-16-7-11-18(12-8-16)23-14(2)3/h4-12,14H,1,13H2,2-3H3,(H,20,21). The third-order valence-electron chi connectivity index (χ3n) is 2.97. The number of anilines is 1. The summed E-state index contributed by atoms with van der Waals surface area (Å²) in [6, 6.07) is 14.3. The summed E-state index contributed by atoms with van der Waals surface area (Å²) in [5.74, 6) is 1.32. The van der Waals surface area contributed by atoms with Gasteiger partial charge in [0.1, 0.15) is 18.1 Å². The molecule has 0 bridgehead atoms. The van der Waals surface area contributed by atoms with Gasteiger partial charge in [-0.15, -0.1) is 0 Å². The monoisotopic (exact) mass is 311 g/mol. The van der Waals surface area contributed by atoms with E-state index in [0.29, 0.717) is 17.9 Å². The summed E-state index contributed by atoms with van der Waals surface area (Å²) in [4.78, 5) is 12.2. The minimum absolute atomic E-state index is 0.122. The van der Waals surface area contributed by atoms with Crippen molar-refractivity contribution in [3.8, 4) is 11.5 Å². The van der Waals surface area contributed by atoms with E-state index < -0.39 is 0 Å². The number of rotatable bonds is 7. The van der Waals surface area contributed by atoms with E-state index in [4.69, 9.17) is 9.47 Å². The maximum atomic E-state index is 12.2. The molecule has 4 heteroatoms. The van der Waals surface area contributed by atoms with Crippen LogP contribution >= 0.6 is 0 Å². The zero-order chi connectivity index (χ0) is 16.7. The number of carbonyl (C=O) groups is 1. The molecule has 0 unspecified atom stereocenters. The molecule has 2 aromatic carbocycles. The molecule has 1 N–H and O–H groups in total. The molecule has 4 nitrogen and oxygen atoms in total. The molecule has 0 heterocycles. The fraction of sp³-hybridized carbons (Fsp3) is 0.211. The Morgan fingerprint density at radius 1 is 1.09 bits per heavy atom. The fourth-order valence-corrected chi connectivity index (χ4v) is 1.95. The second-order valence-corrected chi connectivity index (χ2v) is 5.27. The van der Waals surface area contributed by atoms with Crippen LogP contribution in [0.2, 0.25) is 0 Å². The zero-order valence-corrected chi connectivity index (χ0v) is 13.4. The summed E-state index contributed by atoms with van der Waals surface area (Å²) in [6.07, 6.45) is 1.80. The summed E-state index contributed by atoms with van der Waals surface area (Å²) >= 11 is 0. The molecule has 0 atom stereocenters. The Morgan fingerprint density at radius 3 is 2.26 bits per heavy atom. The summed E-state index contributed by atoms with van der Waals surface area (Å²) in [5.41, 5.74) is 1.29. The van der Waals surface area contributed by atoms with Crippen LogP contribution in [0.4, 0.5) is 5.69 Å². The highest BCUT2D eigenvalue weighted by Gasteiger charge is 2.06. The first-order valence-corrected chi connectivity index (χ1v) is 7.50. The Morgan fingerprint density at radius 2 is 1.70 bits per heavy atom. The van der Waals surface area contributed by atoms with E-state index in [1.54, 1.807) is 30.3 Å². The Kier molecular flexibility index (Phi) is 5.80. The van der Waals surface area contributed by atoms with E-state index in [-0.39, 0.29) is 12.0 Å². The molecular weight excluding hydrogens is 290 g/mol. The average Bonchev–Trinajstić information content (AvgIpc) is 2.54. The molecule has 23 heavy (non-hydrogen) atoms. The molecule has 0 saturated carbocycles. The highest BCUT2D eigenvalue weighted by atomic mass is 16.5. The first-order valence-electron chi connectivity index (χ1n) is 7.50. The smallest absolute Gasteiger partial charge is 0.255 e. The third kappa shape index (κ3) is 5.18. The molecule has 0 aliphatic carbocycles. The van der Waals surface area contributed by atoms with Crippen LogP contribution < -0.4 is 14.8 Å². The van der Waals surface area contributed by atoms with Gasteiger partial charge in [0, 0.05) is 11.3 Å². The summed E-state index contributed by atoms with van der Waals surface area (Å²) < 4.78 is 11.0. The Balaban J connectivity index is 1.96. The Labute approximate surface area is 136 Å². The molecule has 1 amide bonds. The molecule has 0 fully saturated rings. The number of hydrogen-bond acceptors (Lipinski definition) is 3. The maximum Gasteiger partial charge on any atom is 0.255 e. The van der Waals surface area contributed by atoms with E-state index in [9.17, 15) is 4.79 Å². The van der Waals surface area contributed by atoms with Gasteiger partial charge >= 0.3 is 0 Å². The van der Waals surface area contributed by atoms with Crippen molar-refractivity contribution in [2.75, 3.05) is 11.9 Å². The molecule has 0 aromatic heterocycles. The van der Waals surface area contributed by atoms with Crippen molar-refractivity contribution < 1.29 is 14.3 Å². The largest absolute Gasteiger partial charge is 0.491 e. The van der Waals surface area contributed by atoms with E-state index in [1.165, 1.54) is 0 Å². The van der Waals surface area contributed by atoms with E-state index in [2.05, 4.69) is 11.9 Å². The van der Waals surface area contributed by atoms with Crippen LogP contribution in [0.25, 0.3) is 0 Å². The SMILES string of the molecule is C=CCOc1ccc(C(=O)Nc2ccc(OC(C)C)cc2)cc1. The van der Waals surface area contributed by atoms with Crippen LogP contribution in [0, 0.1) is 0 Å². The zero-order valence-electron chi connectivity index (χ0n) is 13.4. The Hall–Kier alpha value is -2.75. The van der Waals surface area contributed by atoms with Gasteiger partial charge in [-0.05, 0) is 62.4 Å². The van der Waals surface area contributed by atoms with Gasteiger partial charge in [-0.25, -0.2) is 0 Å². The second kappa shape index (κ2) is 8.03. The van der Waals surface area contributed by atoms with Gasteiger partial charge < -0.3 is 14.8 Å². The topological polar surface area (TPSA) is 47.6 Å². The van der Waals surface area contributed by atoms with Crippen molar-refractivity contribution >= 4 is 11.6 Å². The van der Waals surface area contributed by atoms with Gasteiger partial charge in [0.15, 0.2) is 0 Å². The van der Waals surface area contributed by atoms with Crippen LogP contribution in [0.3, 0.4) is 0 Å². The van der Waals surface area contributed by atoms with Crippen molar-refractivity contribution in [2.45, 2.75) is 20.0 Å². The van der Waals surface area contributed by atoms with Crippen molar-refractivity contribution in [1.82, 2.24) is 0 Å². The Bertz CT molecular complexity index is 645. The van der Waals surface area contributed by atoms with Gasteiger partial charge in [-0.2, -0.15) is 0 Å². The number of ether oxygens (including phenoxy) is 2. The first-order chi connectivity index (χ1) is 11.1. The van der Waals surface area contributed by atoms with Gasteiger partial charge in [-0.1, -0.05) is 12.7 Å². The van der Waals surface area contributed by atoms with E-state index in [1.807, 2.05) is 38.1 Å². The van der Waals surface area contributed by atoms with Crippen molar-refractivity contribution in [1.29, 1.82) is 0 Å². The number of benzene rings is 2. The quantitative estimate of drug-likeness (QED) is 0.776. The van der Waals surface area contributed by atoms with Gasteiger partial charge in [0.2, 0.25) is 0 Å². The second-order valence-electron chi connectivity index (χ2n) is 5.27. The molecule has 0 aliphatic heterocycles. The summed E-state index contributed by atoms with van der Waals surface area (Å²) in [6.45, 7) is 7.97. The molecule has 0 spiro atoms. The lowest BCUT2D eigenvalue weighted by Gasteiger charge is -2.11. The molecule has 0 aliphatic rings. The van der Waals surface area contributed by atoms with Crippen LogP contribution in [-0.2, 0) is 0 Å². The first kappa shape index (κ1) is 16.6. The fourth-order valence-electron chi connectivity index (χ4n) is 1.95. The van der Waals surface area contributed by atoms with Crippen molar-refractivity contribution in [2.24, 2.45) is 0 Å². The van der Waals surface area contributed by atoms with Crippen LogP contribution in [-0.4, -0.2) is 18.6 Å². The van der Waals surface area contributed by atoms with Gasteiger partial charge in [-0.3, -0.25) is 4.79 Å². The van der Waals surface area contributed by atoms with E-state index in [0.717, 1.165) is 11.4 Å². The predicted octanol–water partition coefficient (Wildman–Crippen LogP) is 4.29. The number of carbonyl (C=O) groups excluding carboxylic acids is 1. The highest BCUT2D eigenvalue weighted by Crippen LogP contribution is 2.18. The molecule has 0 saturated heterocycles. The van der Waals surface area contributed by atoms with Crippen molar-refractivity contribution in [3.05, 3.63) is 66.7 Å². The number of amides is 1. The van der Waals surface area contributed by atoms with Gasteiger partial charge in [0.05, 0.1) is 6.10 Å².